The number of benzene rings is 1. The lowest BCUT2D eigenvalue weighted by molar-refractivity contribution is 0.252. The normalized spacial score (nSPS) is 11.2. The maximum absolute atomic E-state index is 11.7. The van der Waals surface area contributed by atoms with Crippen molar-refractivity contribution in [1.82, 2.24) is 5.32 Å². The molecule has 1 aromatic rings. The molecule has 0 aliphatic carbocycles. The number of amides is 2. The molecule has 0 spiro atoms. The van der Waals surface area contributed by atoms with Gasteiger partial charge >= 0.3 is 6.03 Å². The molecule has 0 aromatic heterocycles. The topological polar surface area (TPSA) is 75.3 Å². The summed E-state index contributed by atoms with van der Waals surface area (Å²) in [5.74, 6) is 0. The van der Waals surface area contributed by atoms with E-state index in [2.05, 4.69) is 17.6 Å². The smallest absolute Gasteiger partial charge is 0.319 e. The van der Waals surface area contributed by atoms with Gasteiger partial charge in [-0.05, 0) is 31.0 Å². The highest BCUT2D eigenvalue weighted by atomic mass is 32.2. The molecule has 0 saturated carbocycles. The Morgan fingerprint density at radius 1 is 1.25 bits per heavy atom. The quantitative estimate of drug-likeness (QED) is 0.793. The molecule has 0 saturated heterocycles. The molecular weight excluding hydrogens is 276 g/mol. The SMILES string of the molecule is CCCCCNC(=O)Nc1cc(S(C)(=O)=O)ccc1C. The third-order valence-corrected chi connectivity index (χ3v) is 4.06. The molecule has 0 atom stereocenters. The predicted octanol–water partition coefficient (Wildman–Crippen LogP) is 2.71. The molecule has 0 heterocycles. The van der Waals surface area contributed by atoms with Crippen molar-refractivity contribution in [3.05, 3.63) is 23.8 Å². The zero-order chi connectivity index (χ0) is 15.2. The van der Waals surface area contributed by atoms with Crippen molar-refractivity contribution in [1.29, 1.82) is 0 Å². The maximum Gasteiger partial charge on any atom is 0.319 e. The zero-order valence-electron chi connectivity index (χ0n) is 12.2. The Kier molecular flexibility index (Phi) is 6.01. The average molecular weight is 298 g/mol. The maximum atomic E-state index is 11.7. The van der Waals surface area contributed by atoms with Crippen LogP contribution in [-0.4, -0.2) is 27.2 Å². The highest BCUT2D eigenvalue weighted by molar-refractivity contribution is 7.90. The predicted molar refractivity (Wildman–Crippen MR) is 80.8 cm³/mol. The molecule has 0 aliphatic heterocycles. The van der Waals surface area contributed by atoms with Gasteiger partial charge in [0.1, 0.15) is 0 Å². The van der Waals surface area contributed by atoms with E-state index in [0.29, 0.717) is 12.2 Å². The first-order chi connectivity index (χ1) is 9.34. The number of aryl methyl sites for hydroxylation is 1. The summed E-state index contributed by atoms with van der Waals surface area (Å²) < 4.78 is 23.0. The van der Waals surface area contributed by atoms with Crippen LogP contribution in [-0.2, 0) is 9.84 Å². The number of sulfone groups is 1. The zero-order valence-corrected chi connectivity index (χ0v) is 13.0. The van der Waals surface area contributed by atoms with Crippen molar-refractivity contribution < 1.29 is 13.2 Å². The fraction of sp³-hybridized carbons (Fsp3) is 0.500. The van der Waals surface area contributed by atoms with Crippen LogP contribution >= 0.6 is 0 Å². The first kappa shape index (κ1) is 16.5. The Labute approximate surface area is 120 Å². The van der Waals surface area contributed by atoms with E-state index in [4.69, 9.17) is 0 Å². The number of carbonyl (C=O) groups excluding carboxylic acids is 1. The molecule has 0 unspecified atom stereocenters. The molecule has 0 radical (unpaired) electrons. The van der Waals surface area contributed by atoms with Crippen molar-refractivity contribution in [2.24, 2.45) is 0 Å². The Morgan fingerprint density at radius 3 is 2.55 bits per heavy atom. The fourth-order valence-electron chi connectivity index (χ4n) is 1.71. The first-order valence-electron chi connectivity index (χ1n) is 6.70. The third kappa shape index (κ3) is 5.21. The molecule has 112 valence electrons. The van der Waals surface area contributed by atoms with Crippen molar-refractivity contribution in [2.45, 2.75) is 38.0 Å². The van der Waals surface area contributed by atoms with Crippen LogP contribution < -0.4 is 10.6 Å². The van der Waals surface area contributed by atoms with Crippen LogP contribution in [0.4, 0.5) is 10.5 Å². The monoisotopic (exact) mass is 298 g/mol. The molecule has 0 bridgehead atoms. The van der Waals surface area contributed by atoms with Gasteiger partial charge in [-0.1, -0.05) is 25.8 Å². The van der Waals surface area contributed by atoms with Gasteiger partial charge in [0.05, 0.1) is 4.90 Å². The van der Waals surface area contributed by atoms with Crippen LogP contribution in [0, 0.1) is 6.92 Å². The minimum absolute atomic E-state index is 0.199. The highest BCUT2D eigenvalue weighted by Gasteiger charge is 2.11. The summed E-state index contributed by atoms with van der Waals surface area (Å²) in [6, 6.07) is 4.39. The van der Waals surface area contributed by atoms with Crippen molar-refractivity contribution in [3.63, 3.8) is 0 Å². The van der Waals surface area contributed by atoms with Crippen molar-refractivity contribution >= 4 is 21.6 Å². The molecule has 20 heavy (non-hydrogen) atoms. The molecule has 1 aromatic carbocycles. The molecule has 1 rings (SSSR count). The molecule has 5 nitrogen and oxygen atoms in total. The van der Waals surface area contributed by atoms with Gasteiger partial charge < -0.3 is 10.6 Å². The lowest BCUT2D eigenvalue weighted by Crippen LogP contribution is -2.29. The van der Waals surface area contributed by atoms with E-state index >= 15 is 0 Å². The second-order valence-electron chi connectivity index (χ2n) is 4.84. The average Bonchev–Trinajstić information content (AvgIpc) is 2.36. The summed E-state index contributed by atoms with van der Waals surface area (Å²) in [6.45, 7) is 4.53. The number of rotatable bonds is 6. The van der Waals surface area contributed by atoms with Gasteiger partial charge in [-0.2, -0.15) is 0 Å². The molecule has 2 N–H and O–H groups in total. The summed E-state index contributed by atoms with van der Waals surface area (Å²) in [7, 11) is -3.27. The van der Waals surface area contributed by atoms with Crippen LogP contribution in [0.2, 0.25) is 0 Å². The molecule has 2 amide bonds. The third-order valence-electron chi connectivity index (χ3n) is 2.95. The summed E-state index contributed by atoms with van der Waals surface area (Å²) in [5.41, 5.74) is 1.34. The molecule has 6 heteroatoms. The van der Waals surface area contributed by atoms with Crippen LogP contribution in [0.15, 0.2) is 23.1 Å². The van der Waals surface area contributed by atoms with E-state index in [9.17, 15) is 13.2 Å². The summed E-state index contributed by atoms with van der Waals surface area (Å²) in [6.07, 6.45) is 4.25. The van der Waals surface area contributed by atoms with Gasteiger partial charge in [0.15, 0.2) is 9.84 Å². The van der Waals surface area contributed by atoms with E-state index in [-0.39, 0.29) is 10.9 Å². The minimum atomic E-state index is -3.27. The number of hydrogen-bond acceptors (Lipinski definition) is 3. The number of anilines is 1. The lowest BCUT2D eigenvalue weighted by Gasteiger charge is -2.11. The van der Waals surface area contributed by atoms with Gasteiger partial charge in [-0.3, -0.25) is 0 Å². The van der Waals surface area contributed by atoms with Crippen LogP contribution in [0.25, 0.3) is 0 Å². The fourth-order valence-corrected chi connectivity index (χ4v) is 2.36. The van der Waals surface area contributed by atoms with Crippen molar-refractivity contribution in [2.75, 3.05) is 18.1 Å². The highest BCUT2D eigenvalue weighted by Crippen LogP contribution is 2.20. The molecular formula is C14H22N2O3S. The van der Waals surface area contributed by atoms with Gasteiger partial charge in [0.25, 0.3) is 0 Å². The standard InChI is InChI=1S/C14H22N2O3S/c1-4-5-6-9-15-14(17)16-13-10-12(20(3,18)19)8-7-11(13)2/h7-8,10H,4-6,9H2,1-3H3,(H2,15,16,17). The molecule has 0 fully saturated rings. The van der Waals surface area contributed by atoms with E-state index in [1.807, 2.05) is 6.92 Å². The summed E-state index contributed by atoms with van der Waals surface area (Å²) in [4.78, 5) is 11.9. The van der Waals surface area contributed by atoms with Gasteiger partial charge in [0.2, 0.25) is 0 Å². The van der Waals surface area contributed by atoms with Crippen LogP contribution in [0.5, 0.6) is 0 Å². The number of nitrogens with one attached hydrogen (secondary N) is 2. The Balaban J connectivity index is 2.69. The lowest BCUT2D eigenvalue weighted by atomic mass is 10.2. The van der Waals surface area contributed by atoms with E-state index in [0.717, 1.165) is 31.1 Å². The van der Waals surface area contributed by atoms with E-state index in [1.54, 1.807) is 6.07 Å². The summed E-state index contributed by atoms with van der Waals surface area (Å²) >= 11 is 0. The second-order valence-corrected chi connectivity index (χ2v) is 6.85. The minimum Gasteiger partial charge on any atom is -0.338 e. The second kappa shape index (κ2) is 7.28. The number of carbonyl (C=O) groups is 1. The van der Waals surface area contributed by atoms with Crippen molar-refractivity contribution in [3.8, 4) is 0 Å². The number of unbranched alkanes of at least 4 members (excludes halogenated alkanes) is 2. The summed E-state index contributed by atoms with van der Waals surface area (Å²) in [5, 5.41) is 5.44. The first-order valence-corrected chi connectivity index (χ1v) is 8.59. The van der Waals surface area contributed by atoms with Crippen LogP contribution in [0.1, 0.15) is 31.7 Å². The molecule has 0 aliphatic rings. The number of hydrogen-bond donors (Lipinski definition) is 2. The van der Waals surface area contributed by atoms with E-state index < -0.39 is 9.84 Å². The van der Waals surface area contributed by atoms with Gasteiger partial charge in [0, 0.05) is 18.5 Å². The van der Waals surface area contributed by atoms with Gasteiger partial charge in [-0.25, -0.2) is 13.2 Å². The van der Waals surface area contributed by atoms with Gasteiger partial charge in [-0.15, -0.1) is 0 Å². The van der Waals surface area contributed by atoms with Crippen LogP contribution in [0.3, 0.4) is 0 Å². The Morgan fingerprint density at radius 2 is 1.95 bits per heavy atom. The Bertz CT molecular complexity index is 568. The number of urea groups is 1. The van der Waals surface area contributed by atoms with E-state index in [1.165, 1.54) is 12.1 Å². The largest absolute Gasteiger partial charge is 0.338 e. The Hall–Kier alpha value is -1.56.